The summed E-state index contributed by atoms with van der Waals surface area (Å²) in [5.74, 6) is -0.969. The second-order valence-corrected chi connectivity index (χ2v) is 8.55. The van der Waals surface area contributed by atoms with Crippen molar-refractivity contribution in [2.75, 3.05) is 6.61 Å². The molecule has 162 valence electrons. The highest BCUT2D eigenvalue weighted by Crippen LogP contribution is 2.26. The van der Waals surface area contributed by atoms with Gasteiger partial charge in [0.1, 0.15) is 10.6 Å². The van der Waals surface area contributed by atoms with Gasteiger partial charge in [-0.05, 0) is 48.7 Å². The zero-order valence-corrected chi connectivity index (χ0v) is 18.0. The average molecular weight is 440 g/mol. The van der Waals surface area contributed by atoms with Crippen LogP contribution >= 0.6 is 0 Å². The van der Waals surface area contributed by atoms with Crippen molar-refractivity contribution in [2.45, 2.75) is 30.2 Å². The van der Waals surface area contributed by atoms with Gasteiger partial charge >= 0.3 is 16.1 Å². The highest BCUT2D eigenvalue weighted by molar-refractivity contribution is 7.87. The molecule has 0 aliphatic carbocycles. The summed E-state index contributed by atoms with van der Waals surface area (Å²) in [6, 6.07) is 23.3. The molecule has 0 saturated heterocycles. The Labute approximate surface area is 182 Å². The second-order valence-electron chi connectivity index (χ2n) is 7.00. The van der Waals surface area contributed by atoms with Gasteiger partial charge < -0.3 is 14.7 Å². The Balaban J connectivity index is 1.81. The molecule has 0 bridgehead atoms. The van der Waals surface area contributed by atoms with Crippen molar-refractivity contribution in [1.82, 2.24) is 0 Å². The summed E-state index contributed by atoms with van der Waals surface area (Å²) < 4.78 is 35.3. The number of nitrogens with two attached hydrogens (primary N) is 1. The zero-order chi connectivity index (χ0) is 22.3. The molecule has 2 unspecified atom stereocenters. The number of hydrogen-bond donors (Lipinski definition) is 1. The van der Waals surface area contributed by atoms with Crippen molar-refractivity contribution in [3.63, 3.8) is 0 Å². The highest BCUT2D eigenvalue weighted by atomic mass is 32.2. The fourth-order valence-corrected chi connectivity index (χ4v) is 4.24. The van der Waals surface area contributed by atoms with Crippen LogP contribution in [-0.2, 0) is 26.1 Å². The molecule has 6 nitrogen and oxygen atoms in total. The van der Waals surface area contributed by atoms with Crippen molar-refractivity contribution >= 4 is 16.1 Å². The Kier molecular flexibility index (Phi) is 7.44. The van der Waals surface area contributed by atoms with Crippen LogP contribution in [-0.4, -0.2) is 27.0 Å². The molecule has 0 aliphatic rings. The third-order valence-electron chi connectivity index (χ3n) is 4.76. The summed E-state index contributed by atoms with van der Waals surface area (Å²) in [5.41, 5.74) is 8.04. The van der Waals surface area contributed by atoms with Gasteiger partial charge in [0.15, 0.2) is 0 Å². The predicted octanol–water partition coefficient (Wildman–Crippen LogP) is 3.67. The van der Waals surface area contributed by atoms with Gasteiger partial charge in [-0.3, -0.25) is 4.79 Å². The highest BCUT2D eigenvalue weighted by Gasteiger charge is 2.29. The number of ether oxygens (including phenoxy) is 1. The maximum absolute atomic E-state index is 12.6. The standard InChI is InChI=1S/C24H25NO5S/c1-2-29-24(26)23(22(25)17-18-9-5-3-6-10-18)19-13-15-20(16-14-19)30-31(27,28)21-11-7-4-8-12-21/h3-16,22-23H,2,17,25H2,1H3. The zero-order valence-electron chi connectivity index (χ0n) is 17.2. The van der Waals surface area contributed by atoms with Crippen LogP contribution in [0.3, 0.4) is 0 Å². The van der Waals surface area contributed by atoms with Gasteiger partial charge in [-0.25, -0.2) is 0 Å². The summed E-state index contributed by atoms with van der Waals surface area (Å²) in [4.78, 5) is 12.7. The molecule has 7 heteroatoms. The van der Waals surface area contributed by atoms with Gasteiger partial charge in [0.05, 0.1) is 12.5 Å². The molecule has 2 atom stereocenters. The van der Waals surface area contributed by atoms with Crippen LogP contribution in [0.4, 0.5) is 0 Å². The molecule has 0 saturated carbocycles. The molecular weight excluding hydrogens is 414 g/mol. The van der Waals surface area contributed by atoms with Crippen molar-refractivity contribution in [3.05, 3.63) is 96.1 Å². The monoisotopic (exact) mass is 439 g/mol. The van der Waals surface area contributed by atoms with E-state index in [1.807, 2.05) is 30.3 Å². The van der Waals surface area contributed by atoms with Gasteiger partial charge in [0.2, 0.25) is 0 Å². The first-order valence-electron chi connectivity index (χ1n) is 9.96. The Morgan fingerprint density at radius 2 is 1.48 bits per heavy atom. The van der Waals surface area contributed by atoms with E-state index in [0.717, 1.165) is 5.56 Å². The fraction of sp³-hybridized carbons (Fsp3) is 0.208. The molecule has 0 heterocycles. The second kappa shape index (κ2) is 10.2. The number of hydrogen-bond acceptors (Lipinski definition) is 6. The van der Waals surface area contributed by atoms with Gasteiger partial charge in [-0.15, -0.1) is 0 Å². The van der Waals surface area contributed by atoms with Crippen LogP contribution in [0.5, 0.6) is 5.75 Å². The van der Waals surface area contributed by atoms with E-state index in [1.165, 1.54) is 24.3 Å². The number of rotatable bonds is 9. The van der Waals surface area contributed by atoms with E-state index in [4.69, 9.17) is 14.7 Å². The largest absolute Gasteiger partial charge is 0.465 e. The molecule has 0 spiro atoms. The van der Waals surface area contributed by atoms with Crippen LogP contribution in [0.25, 0.3) is 0 Å². The van der Waals surface area contributed by atoms with Crippen LogP contribution in [0.1, 0.15) is 24.0 Å². The lowest BCUT2D eigenvalue weighted by atomic mass is 9.88. The van der Waals surface area contributed by atoms with Crippen molar-refractivity contribution in [3.8, 4) is 5.75 Å². The number of benzene rings is 3. The SMILES string of the molecule is CCOC(=O)C(c1ccc(OS(=O)(=O)c2ccccc2)cc1)C(N)Cc1ccccc1. The van der Waals surface area contributed by atoms with Gasteiger partial charge in [-0.2, -0.15) is 8.42 Å². The van der Waals surface area contributed by atoms with E-state index in [-0.39, 0.29) is 17.3 Å². The molecule has 3 aromatic rings. The Bertz CT molecular complexity index is 1080. The third-order valence-corrected chi connectivity index (χ3v) is 6.02. The fourth-order valence-electron chi connectivity index (χ4n) is 3.29. The molecular formula is C24H25NO5S. The van der Waals surface area contributed by atoms with E-state index in [0.29, 0.717) is 12.0 Å². The molecule has 0 aromatic heterocycles. The lowest BCUT2D eigenvalue weighted by molar-refractivity contribution is -0.145. The summed E-state index contributed by atoms with van der Waals surface area (Å²) in [5, 5.41) is 0. The molecule has 2 N–H and O–H groups in total. The molecule has 0 amide bonds. The Morgan fingerprint density at radius 3 is 2.06 bits per heavy atom. The number of carbonyl (C=O) groups is 1. The topological polar surface area (TPSA) is 95.7 Å². The van der Waals surface area contributed by atoms with Gasteiger partial charge in [0.25, 0.3) is 0 Å². The van der Waals surface area contributed by atoms with Crippen molar-refractivity contribution in [1.29, 1.82) is 0 Å². The minimum Gasteiger partial charge on any atom is -0.465 e. The van der Waals surface area contributed by atoms with E-state index >= 15 is 0 Å². The molecule has 3 aromatic carbocycles. The third kappa shape index (κ3) is 5.93. The lowest BCUT2D eigenvalue weighted by Crippen LogP contribution is -2.36. The van der Waals surface area contributed by atoms with E-state index in [2.05, 4.69) is 0 Å². The Hall–Kier alpha value is -3.16. The van der Waals surface area contributed by atoms with Crippen LogP contribution in [0.15, 0.2) is 89.8 Å². The summed E-state index contributed by atoms with van der Waals surface area (Å²) in [6.07, 6.45) is 0.491. The lowest BCUT2D eigenvalue weighted by Gasteiger charge is -2.23. The van der Waals surface area contributed by atoms with Crippen LogP contribution < -0.4 is 9.92 Å². The first kappa shape index (κ1) is 22.5. The summed E-state index contributed by atoms with van der Waals surface area (Å²) >= 11 is 0. The first-order chi connectivity index (χ1) is 14.9. The minimum atomic E-state index is -3.94. The molecule has 3 rings (SSSR count). The molecule has 0 radical (unpaired) electrons. The van der Waals surface area contributed by atoms with E-state index in [9.17, 15) is 13.2 Å². The maximum Gasteiger partial charge on any atom is 0.339 e. The predicted molar refractivity (Wildman–Crippen MR) is 118 cm³/mol. The van der Waals surface area contributed by atoms with Crippen molar-refractivity contribution < 1.29 is 22.1 Å². The van der Waals surface area contributed by atoms with Gasteiger partial charge in [0, 0.05) is 6.04 Å². The molecule has 0 fully saturated rings. The average Bonchev–Trinajstić information content (AvgIpc) is 2.76. The van der Waals surface area contributed by atoms with Crippen LogP contribution in [0.2, 0.25) is 0 Å². The van der Waals surface area contributed by atoms with Crippen LogP contribution in [0, 0.1) is 0 Å². The summed E-state index contributed by atoms with van der Waals surface area (Å²) in [7, 11) is -3.94. The normalized spacial score (nSPS) is 13.2. The Morgan fingerprint density at radius 1 is 0.903 bits per heavy atom. The molecule has 31 heavy (non-hydrogen) atoms. The number of esters is 1. The quantitative estimate of drug-likeness (QED) is 0.404. The maximum atomic E-state index is 12.6. The molecule has 0 aliphatic heterocycles. The smallest absolute Gasteiger partial charge is 0.339 e. The van der Waals surface area contributed by atoms with Gasteiger partial charge in [-0.1, -0.05) is 60.7 Å². The van der Waals surface area contributed by atoms with E-state index in [1.54, 1.807) is 37.3 Å². The number of carbonyl (C=O) groups excluding carboxylic acids is 1. The summed E-state index contributed by atoms with van der Waals surface area (Å²) in [6.45, 7) is 1.98. The van der Waals surface area contributed by atoms with E-state index < -0.39 is 28.0 Å². The minimum absolute atomic E-state index is 0.0633. The van der Waals surface area contributed by atoms with Crippen molar-refractivity contribution in [2.24, 2.45) is 5.73 Å². The first-order valence-corrected chi connectivity index (χ1v) is 11.4.